The van der Waals surface area contributed by atoms with E-state index in [2.05, 4.69) is 11.8 Å². The predicted octanol–water partition coefficient (Wildman–Crippen LogP) is 2.67. The molecule has 0 aliphatic carbocycles. The number of hydrogen-bond donors (Lipinski definition) is 1. The first kappa shape index (κ1) is 16.1. The SMILES string of the molecule is CC(C)(C)OC(=O)CSCc1cc(C#CCO)cs1. The van der Waals surface area contributed by atoms with Crippen molar-refractivity contribution in [3.63, 3.8) is 0 Å². The Balaban J connectivity index is 2.33. The van der Waals surface area contributed by atoms with Crippen molar-refractivity contribution in [2.45, 2.75) is 32.1 Å². The molecule has 0 unspecified atom stereocenters. The highest BCUT2D eigenvalue weighted by molar-refractivity contribution is 7.99. The molecule has 104 valence electrons. The zero-order valence-corrected chi connectivity index (χ0v) is 13.0. The summed E-state index contributed by atoms with van der Waals surface area (Å²) in [5.74, 6) is 6.40. The summed E-state index contributed by atoms with van der Waals surface area (Å²) in [6, 6.07) is 1.98. The molecule has 19 heavy (non-hydrogen) atoms. The van der Waals surface area contributed by atoms with Gasteiger partial charge in [-0.1, -0.05) is 11.8 Å². The smallest absolute Gasteiger partial charge is 0.316 e. The van der Waals surface area contributed by atoms with Gasteiger partial charge in [-0.25, -0.2) is 0 Å². The van der Waals surface area contributed by atoms with Crippen LogP contribution in [0.4, 0.5) is 0 Å². The van der Waals surface area contributed by atoms with E-state index in [9.17, 15) is 4.79 Å². The molecule has 0 amide bonds. The molecule has 0 aromatic carbocycles. The third kappa shape index (κ3) is 7.26. The molecule has 0 spiro atoms. The Morgan fingerprint density at radius 2 is 2.26 bits per heavy atom. The molecule has 1 rings (SSSR count). The number of ether oxygens (including phenoxy) is 1. The van der Waals surface area contributed by atoms with E-state index in [1.165, 1.54) is 11.8 Å². The lowest BCUT2D eigenvalue weighted by molar-refractivity contribution is -0.151. The minimum atomic E-state index is -0.423. The fraction of sp³-hybridized carbons (Fsp3) is 0.500. The van der Waals surface area contributed by atoms with E-state index in [0.717, 1.165) is 16.2 Å². The van der Waals surface area contributed by atoms with Crippen molar-refractivity contribution in [2.75, 3.05) is 12.4 Å². The highest BCUT2D eigenvalue weighted by atomic mass is 32.2. The lowest BCUT2D eigenvalue weighted by Crippen LogP contribution is -2.24. The maximum Gasteiger partial charge on any atom is 0.316 e. The number of thioether (sulfide) groups is 1. The van der Waals surface area contributed by atoms with E-state index in [4.69, 9.17) is 9.84 Å². The summed E-state index contributed by atoms with van der Waals surface area (Å²) in [5.41, 5.74) is 0.486. The minimum absolute atomic E-state index is 0.126. The van der Waals surface area contributed by atoms with Crippen LogP contribution in [0.1, 0.15) is 31.2 Å². The van der Waals surface area contributed by atoms with Gasteiger partial charge in [0.15, 0.2) is 0 Å². The molecule has 3 nitrogen and oxygen atoms in total. The lowest BCUT2D eigenvalue weighted by atomic mass is 10.2. The number of carbonyl (C=O) groups is 1. The molecule has 1 aromatic heterocycles. The van der Waals surface area contributed by atoms with Crippen LogP contribution in [0.3, 0.4) is 0 Å². The Morgan fingerprint density at radius 1 is 1.53 bits per heavy atom. The number of carbonyl (C=O) groups excluding carboxylic acids is 1. The van der Waals surface area contributed by atoms with Crippen LogP contribution in [0.2, 0.25) is 0 Å². The highest BCUT2D eigenvalue weighted by Gasteiger charge is 2.15. The molecule has 0 aliphatic heterocycles. The second kappa shape index (κ2) is 7.59. The maximum atomic E-state index is 11.5. The topological polar surface area (TPSA) is 46.5 Å². The third-order valence-corrected chi connectivity index (χ3v) is 3.92. The molecule has 0 bridgehead atoms. The first-order valence-electron chi connectivity index (χ1n) is 5.87. The van der Waals surface area contributed by atoms with Crippen LogP contribution in [0.15, 0.2) is 11.4 Å². The van der Waals surface area contributed by atoms with Crippen LogP contribution in [-0.2, 0) is 15.3 Å². The Hall–Kier alpha value is -0.960. The van der Waals surface area contributed by atoms with Crippen molar-refractivity contribution in [3.8, 4) is 11.8 Å². The second-order valence-corrected chi connectivity index (χ2v) is 6.82. The van der Waals surface area contributed by atoms with Crippen LogP contribution in [-0.4, -0.2) is 29.0 Å². The summed E-state index contributed by atoms with van der Waals surface area (Å²) in [4.78, 5) is 12.7. The monoisotopic (exact) mass is 298 g/mol. The van der Waals surface area contributed by atoms with Crippen molar-refractivity contribution < 1.29 is 14.6 Å². The van der Waals surface area contributed by atoms with Gasteiger partial charge in [0.05, 0.1) is 5.75 Å². The van der Waals surface area contributed by atoms with Crippen LogP contribution in [0.5, 0.6) is 0 Å². The molecule has 0 aliphatic rings. The van der Waals surface area contributed by atoms with Gasteiger partial charge in [-0.15, -0.1) is 23.1 Å². The zero-order chi connectivity index (χ0) is 14.3. The predicted molar refractivity (Wildman–Crippen MR) is 80.3 cm³/mol. The Labute approximate surface area is 122 Å². The fourth-order valence-electron chi connectivity index (χ4n) is 1.27. The van der Waals surface area contributed by atoms with Gasteiger partial charge in [-0.2, -0.15) is 0 Å². The van der Waals surface area contributed by atoms with Crippen molar-refractivity contribution in [1.29, 1.82) is 0 Å². The molecule has 1 aromatic rings. The van der Waals surface area contributed by atoms with Crippen LogP contribution < -0.4 is 0 Å². The molecule has 0 radical (unpaired) electrons. The van der Waals surface area contributed by atoms with Crippen molar-refractivity contribution in [3.05, 3.63) is 21.9 Å². The molecule has 0 fully saturated rings. The first-order chi connectivity index (χ1) is 8.90. The molecule has 0 saturated carbocycles. The van der Waals surface area contributed by atoms with Gasteiger partial charge in [-0.05, 0) is 26.8 Å². The van der Waals surface area contributed by atoms with E-state index >= 15 is 0 Å². The number of esters is 1. The lowest BCUT2D eigenvalue weighted by Gasteiger charge is -2.19. The van der Waals surface area contributed by atoms with E-state index in [1.807, 2.05) is 32.2 Å². The van der Waals surface area contributed by atoms with Crippen molar-refractivity contribution >= 4 is 29.1 Å². The molecule has 1 heterocycles. The number of thiophene rings is 1. The average molecular weight is 298 g/mol. The summed E-state index contributed by atoms with van der Waals surface area (Å²) >= 11 is 3.14. The summed E-state index contributed by atoms with van der Waals surface area (Å²) in [7, 11) is 0. The molecule has 5 heteroatoms. The van der Waals surface area contributed by atoms with E-state index in [1.54, 1.807) is 11.3 Å². The zero-order valence-electron chi connectivity index (χ0n) is 11.4. The maximum absolute atomic E-state index is 11.5. The molecule has 0 saturated heterocycles. The number of aliphatic hydroxyl groups is 1. The van der Waals surface area contributed by atoms with Crippen LogP contribution in [0.25, 0.3) is 0 Å². The Morgan fingerprint density at radius 3 is 2.89 bits per heavy atom. The normalized spacial score (nSPS) is 10.7. The van der Waals surface area contributed by atoms with Gasteiger partial charge in [0.1, 0.15) is 12.2 Å². The van der Waals surface area contributed by atoms with Gasteiger partial charge in [0.25, 0.3) is 0 Å². The number of rotatable bonds is 4. The Bertz CT molecular complexity index is 475. The standard InChI is InChI=1S/C14H18O3S2/c1-14(2,3)17-13(16)10-18-9-12-7-11(8-19-12)5-4-6-15/h7-8,15H,6,9-10H2,1-3H3. The largest absolute Gasteiger partial charge is 0.459 e. The van der Waals surface area contributed by atoms with Crippen molar-refractivity contribution in [1.82, 2.24) is 0 Å². The van der Waals surface area contributed by atoms with E-state index < -0.39 is 5.60 Å². The summed E-state index contributed by atoms with van der Waals surface area (Å²) < 4.78 is 5.23. The van der Waals surface area contributed by atoms with Gasteiger partial charge in [0, 0.05) is 21.6 Å². The fourth-order valence-corrected chi connectivity index (χ4v) is 3.00. The summed E-state index contributed by atoms with van der Waals surface area (Å²) in [5, 5.41) is 10.6. The van der Waals surface area contributed by atoms with Crippen LogP contribution in [0, 0.1) is 11.8 Å². The van der Waals surface area contributed by atoms with Gasteiger partial charge >= 0.3 is 5.97 Å². The second-order valence-electron chi connectivity index (χ2n) is 4.84. The van der Waals surface area contributed by atoms with Crippen molar-refractivity contribution in [2.24, 2.45) is 0 Å². The minimum Gasteiger partial charge on any atom is -0.459 e. The van der Waals surface area contributed by atoms with Gasteiger partial charge in [-0.3, -0.25) is 4.79 Å². The first-order valence-corrected chi connectivity index (χ1v) is 7.91. The average Bonchev–Trinajstić information content (AvgIpc) is 2.72. The number of hydrogen-bond acceptors (Lipinski definition) is 5. The molecule has 0 atom stereocenters. The van der Waals surface area contributed by atoms with E-state index in [-0.39, 0.29) is 12.6 Å². The Kier molecular flexibility index (Phi) is 6.43. The molecule has 1 N–H and O–H groups in total. The number of aliphatic hydroxyl groups excluding tert-OH is 1. The molecular weight excluding hydrogens is 280 g/mol. The molecular formula is C14H18O3S2. The highest BCUT2D eigenvalue weighted by Crippen LogP contribution is 2.20. The third-order valence-electron chi connectivity index (χ3n) is 1.85. The van der Waals surface area contributed by atoms with E-state index in [0.29, 0.717) is 5.75 Å². The summed E-state index contributed by atoms with van der Waals surface area (Å²) in [6.07, 6.45) is 0. The van der Waals surface area contributed by atoms with Gasteiger partial charge < -0.3 is 9.84 Å². The van der Waals surface area contributed by atoms with Crippen LogP contribution >= 0.6 is 23.1 Å². The van der Waals surface area contributed by atoms with Gasteiger partial charge in [0.2, 0.25) is 0 Å². The quantitative estimate of drug-likeness (QED) is 0.686. The summed E-state index contributed by atoms with van der Waals surface area (Å²) in [6.45, 7) is 5.46.